The summed E-state index contributed by atoms with van der Waals surface area (Å²) in [7, 11) is 0. The van der Waals surface area contributed by atoms with Gasteiger partial charge >= 0.3 is 0 Å². The molecule has 0 aliphatic carbocycles. The molecule has 0 aliphatic rings. The second kappa shape index (κ2) is 7.90. The number of likely N-dealkylation sites (N-methyl/N-ethyl adjacent to an activating group) is 1. The van der Waals surface area contributed by atoms with Crippen molar-refractivity contribution in [2.45, 2.75) is 46.1 Å². The van der Waals surface area contributed by atoms with Gasteiger partial charge in [0.25, 0.3) is 0 Å². The van der Waals surface area contributed by atoms with E-state index in [0.29, 0.717) is 12.0 Å². The highest BCUT2D eigenvalue weighted by molar-refractivity contribution is 9.10. The normalized spacial score (nSPS) is 14.5. The highest BCUT2D eigenvalue weighted by Gasteiger charge is 2.14. The van der Waals surface area contributed by atoms with E-state index >= 15 is 0 Å². The molecule has 0 amide bonds. The maximum atomic E-state index is 13.7. The maximum absolute atomic E-state index is 13.7. The molecule has 1 N–H and O–H groups in total. The van der Waals surface area contributed by atoms with Gasteiger partial charge in [-0.25, -0.2) is 4.39 Å². The Balaban J connectivity index is 2.72. The molecule has 0 aliphatic heterocycles. The van der Waals surface area contributed by atoms with Crippen LogP contribution in [0.1, 0.15) is 39.2 Å². The molecule has 1 nitrogen and oxygen atoms in total. The number of rotatable bonds is 7. The molecule has 18 heavy (non-hydrogen) atoms. The Kier molecular flexibility index (Phi) is 6.87. The van der Waals surface area contributed by atoms with Gasteiger partial charge in [-0.1, -0.05) is 43.1 Å². The molecular formula is C15H23BrFN. The van der Waals surface area contributed by atoms with E-state index in [2.05, 4.69) is 42.0 Å². The lowest BCUT2D eigenvalue weighted by atomic mass is 9.94. The zero-order chi connectivity index (χ0) is 13.5. The lowest BCUT2D eigenvalue weighted by Gasteiger charge is -2.21. The van der Waals surface area contributed by atoms with Crippen LogP contribution in [0.4, 0.5) is 4.39 Å². The Hall–Kier alpha value is -0.410. The van der Waals surface area contributed by atoms with Gasteiger partial charge in [0.05, 0.1) is 0 Å². The Morgan fingerprint density at radius 3 is 2.67 bits per heavy atom. The predicted molar refractivity (Wildman–Crippen MR) is 79.3 cm³/mol. The second-order valence-corrected chi connectivity index (χ2v) is 5.86. The molecule has 0 bridgehead atoms. The molecule has 1 rings (SSSR count). The van der Waals surface area contributed by atoms with Gasteiger partial charge in [-0.3, -0.25) is 0 Å². The van der Waals surface area contributed by atoms with Gasteiger partial charge in [0, 0.05) is 10.5 Å². The van der Waals surface area contributed by atoms with E-state index in [1.165, 1.54) is 12.5 Å². The van der Waals surface area contributed by atoms with Crippen LogP contribution in [0.5, 0.6) is 0 Å². The van der Waals surface area contributed by atoms with Crippen molar-refractivity contribution in [3.8, 4) is 0 Å². The molecule has 0 radical (unpaired) electrons. The Bertz CT molecular complexity index is 368. The third-order valence-electron chi connectivity index (χ3n) is 3.35. The summed E-state index contributed by atoms with van der Waals surface area (Å²) in [6.45, 7) is 7.48. The topological polar surface area (TPSA) is 12.0 Å². The summed E-state index contributed by atoms with van der Waals surface area (Å²) in [4.78, 5) is 0. The van der Waals surface area contributed by atoms with Crippen LogP contribution in [0.3, 0.4) is 0 Å². The monoisotopic (exact) mass is 315 g/mol. The van der Waals surface area contributed by atoms with E-state index in [1.54, 1.807) is 6.07 Å². The molecule has 0 saturated heterocycles. The van der Waals surface area contributed by atoms with Gasteiger partial charge in [0.2, 0.25) is 0 Å². The first-order valence-corrected chi connectivity index (χ1v) is 7.53. The quantitative estimate of drug-likeness (QED) is 0.778. The summed E-state index contributed by atoms with van der Waals surface area (Å²) in [6, 6.07) is 5.52. The van der Waals surface area contributed by atoms with E-state index in [-0.39, 0.29) is 5.82 Å². The standard InChI is InChI=1S/C15H23BrFN/c1-4-11(3)8-14(18-5-2)10-12-9-13(16)6-7-15(12)17/h6-7,9,11,14,18H,4-5,8,10H2,1-3H3. The first-order valence-electron chi connectivity index (χ1n) is 6.74. The second-order valence-electron chi connectivity index (χ2n) is 4.94. The van der Waals surface area contributed by atoms with Gasteiger partial charge in [-0.2, -0.15) is 0 Å². The fraction of sp³-hybridized carbons (Fsp3) is 0.600. The molecule has 0 fully saturated rings. The molecule has 3 heteroatoms. The Morgan fingerprint density at radius 1 is 1.33 bits per heavy atom. The highest BCUT2D eigenvalue weighted by Crippen LogP contribution is 2.19. The first-order chi connectivity index (χ1) is 8.56. The van der Waals surface area contributed by atoms with E-state index in [1.807, 2.05) is 6.07 Å². The van der Waals surface area contributed by atoms with Crippen LogP contribution in [0, 0.1) is 11.7 Å². The summed E-state index contributed by atoms with van der Waals surface area (Å²) in [5, 5.41) is 3.46. The lowest BCUT2D eigenvalue weighted by Crippen LogP contribution is -2.32. The summed E-state index contributed by atoms with van der Waals surface area (Å²) in [5.74, 6) is 0.564. The van der Waals surface area contributed by atoms with Gasteiger partial charge in [-0.05, 0) is 49.1 Å². The van der Waals surface area contributed by atoms with Crippen molar-refractivity contribution in [3.63, 3.8) is 0 Å². The largest absolute Gasteiger partial charge is 0.314 e. The number of benzene rings is 1. The van der Waals surface area contributed by atoms with E-state index in [4.69, 9.17) is 0 Å². The lowest BCUT2D eigenvalue weighted by molar-refractivity contribution is 0.393. The van der Waals surface area contributed by atoms with Crippen LogP contribution < -0.4 is 5.32 Å². The highest BCUT2D eigenvalue weighted by atomic mass is 79.9. The summed E-state index contributed by atoms with van der Waals surface area (Å²) in [6.07, 6.45) is 3.02. The number of hydrogen-bond acceptors (Lipinski definition) is 1. The van der Waals surface area contributed by atoms with Crippen LogP contribution in [-0.4, -0.2) is 12.6 Å². The van der Waals surface area contributed by atoms with Crippen molar-refractivity contribution in [2.75, 3.05) is 6.54 Å². The van der Waals surface area contributed by atoms with Crippen LogP contribution in [0.2, 0.25) is 0 Å². The van der Waals surface area contributed by atoms with Crippen molar-refractivity contribution < 1.29 is 4.39 Å². The van der Waals surface area contributed by atoms with Crippen LogP contribution in [0.25, 0.3) is 0 Å². The predicted octanol–water partition coefficient (Wildman–Crippen LogP) is 4.55. The van der Waals surface area contributed by atoms with Crippen molar-refractivity contribution in [1.82, 2.24) is 5.32 Å². The molecule has 1 aromatic carbocycles. The van der Waals surface area contributed by atoms with E-state index in [9.17, 15) is 4.39 Å². The smallest absolute Gasteiger partial charge is 0.126 e. The number of halogens is 2. The Morgan fingerprint density at radius 2 is 2.06 bits per heavy atom. The number of hydrogen-bond donors (Lipinski definition) is 1. The van der Waals surface area contributed by atoms with Gasteiger partial charge < -0.3 is 5.32 Å². The van der Waals surface area contributed by atoms with Crippen molar-refractivity contribution in [3.05, 3.63) is 34.1 Å². The minimum absolute atomic E-state index is 0.106. The SMILES string of the molecule is CCNC(Cc1cc(Br)ccc1F)CC(C)CC. The number of nitrogens with one attached hydrogen (secondary N) is 1. The first kappa shape index (κ1) is 15.6. The van der Waals surface area contributed by atoms with Crippen LogP contribution >= 0.6 is 15.9 Å². The molecule has 102 valence electrons. The molecule has 0 spiro atoms. The fourth-order valence-corrected chi connectivity index (χ4v) is 2.55. The van der Waals surface area contributed by atoms with Crippen molar-refractivity contribution in [2.24, 2.45) is 5.92 Å². The van der Waals surface area contributed by atoms with Crippen LogP contribution in [0.15, 0.2) is 22.7 Å². The minimum Gasteiger partial charge on any atom is -0.314 e. The van der Waals surface area contributed by atoms with E-state index < -0.39 is 0 Å². The van der Waals surface area contributed by atoms with Gasteiger partial charge in [0.15, 0.2) is 0 Å². The zero-order valence-corrected chi connectivity index (χ0v) is 13.1. The van der Waals surface area contributed by atoms with E-state index in [0.717, 1.165) is 29.4 Å². The zero-order valence-electron chi connectivity index (χ0n) is 11.5. The summed E-state index contributed by atoms with van der Waals surface area (Å²) in [5.41, 5.74) is 0.790. The molecule has 2 unspecified atom stereocenters. The fourth-order valence-electron chi connectivity index (χ4n) is 2.15. The minimum atomic E-state index is -0.106. The molecule has 0 aromatic heterocycles. The molecule has 2 atom stereocenters. The molecule has 0 heterocycles. The molecule has 1 aromatic rings. The summed E-state index contributed by atoms with van der Waals surface area (Å²) >= 11 is 3.40. The Labute approximate surface area is 118 Å². The third-order valence-corrected chi connectivity index (χ3v) is 3.84. The summed E-state index contributed by atoms with van der Waals surface area (Å²) < 4.78 is 14.7. The van der Waals surface area contributed by atoms with Gasteiger partial charge in [-0.15, -0.1) is 0 Å². The van der Waals surface area contributed by atoms with Crippen molar-refractivity contribution >= 4 is 15.9 Å². The van der Waals surface area contributed by atoms with Crippen molar-refractivity contribution in [1.29, 1.82) is 0 Å². The molecular weight excluding hydrogens is 293 g/mol. The average Bonchev–Trinajstić information content (AvgIpc) is 2.34. The van der Waals surface area contributed by atoms with Gasteiger partial charge in [0.1, 0.15) is 5.82 Å². The average molecular weight is 316 g/mol. The van der Waals surface area contributed by atoms with Crippen LogP contribution in [-0.2, 0) is 6.42 Å². The maximum Gasteiger partial charge on any atom is 0.126 e. The molecule has 0 saturated carbocycles. The third kappa shape index (κ3) is 5.07.